The molecule has 2 aromatic carbocycles. The van der Waals surface area contributed by atoms with Crippen molar-refractivity contribution in [2.75, 3.05) is 0 Å². The van der Waals surface area contributed by atoms with Gasteiger partial charge in [-0.1, -0.05) is 89.0 Å². The SMILES string of the molecule is O=C(Cc1ccccc1)NC(Sc1nc2ccccc2[nH]1)C(Cl)(Cl)Cl. The van der Waals surface area contributed by atoms with Crippen molar-refractivity contribution in [3.8, 4) is 0 Å². The minimum absolute atomic E-state index is 0.207. The summed E-state index contributed by atoms with van der Waals surface area (Å²) in [4.78, 5) is 19.9. The number of carbonyl (C=O) groups is 1. The third kappa shape index (κ3) is 5.05. The van der Waals surface area contributed by atoms with Crippen LogP contribution in [0.25, 0.3) is 11.0 Å². The standard InChI is InChI=1S/C17H14Cl3N3OS/c18-17(19,20)15(23-14(24)10-11-6-2-1-3-7-11)25-16-21-12-8-4-5-9-13(12)22-16/h1-9,15H,10H2,(H,21,22)(H,23,24). The Balaban J connectivity index is 1.72. The second kappa shape index (κ2) is 7.87. The lowest BCUT2D eigenvalue weighted by atomic mass is 10.1. The molecule has 1 heterocycles. The molecule has 0 saturated heterocycles. The molecule has 1 atom stereocenters. The zero-order valence-corrected chi connectivity index (χ0v) is 16.0. The van der Waals surface area contributed by atoms with E-state index in [9.17, 15) is 4.79 Å². The van der Waals surface area contributed by atoms with Crippen LogP contribution < -0.4 is 5.32 Å². The van der Waals surface area contributed by atoms with E-state index in [4.69, 9.17) is 34.8 Å². The van der Waals surface area contributed by atoms with Gasteiger partial charge in [-0.2, -0.15) is 0 Å². The maximum atomic E-state index is 12.3. The smallest absolute Gasteiger partial charge is 0.225 e. The van der Waals surface area contributed by atoms with Crippen LogP contribution in [0.4, 0.5) is 0 Å². The van der Waals surface area contributed by atoms with Gasteiger partial charge >= 0.3 is 0 Å². The summed E-state index contributed by atoms with van der Waals surface area (Å²) in [5, 5.41) is 2.55. The van der Waals surface area contributed by atoms with Crippen molar-refractivity contribution in [2.24, 2.45) is 0 Å². The first-order chi connectivity index (χ1) is 11.9. The minimum atomic E-state index is -1.68. The molecule has 0 fully saturated rings. The van der Waals surface area contributed by atoms with Gasteiger partial charge in [0.15, 0.2) is 5.16 Å². The predicted molar refractivity (Wildman–Crippen MR) is 104 cm³/mol. The summed E-state index contributed by atoms with van der Waals surface area (Å²) in [5.74, 6) is -0.230. The average molecular weight is 415 g/mol. The maximum absolute atomic E-state index is 12.3. The molecule has 4 nitrogen and oxygen atoms in total. The third-order valence-electron chi connectivity index (χ3n) is 3.39. The van der Waals surface area contributed by atoms with Crippen LogP contribution in [-0.2, 0) is 11.2 Å². The van der Waals surface area contributed by atoms with Crippen LogP contribution in [-0.4, -0.2) is 25.0 Å². The van der Waals surface area contributed by atoms with Gasteiger partial charge in [-0.05, 0) is 17.7 Å². The van der Waals surface area contributed by atoms with Crippen molar-refractivity contribution in [1.29, 1.82) is 0 Å². The fourth-order valence-corrected chi connectivity index (χ4v) is 3.69. The lowest BCUT2D eigenvalue weighted by Gasteiger charge is -2.24. The molecular weight excluding hydrogens is 401 g/mol. The first-order valence-corrected chi connectivity index (χ1v) is 9.44. The van der Waals surface area contributed by atoms with Crippen LogP contribution >= 0.6 is 46.6 Å². The van der Waals surface area contributed by atoms with Gasteiger partial charge in [-0.25, -0.2) is 4.98 Å². The molecule has 0 spiro atoms. The molecule has 1 amide bonds. The van der Waals surface area contributed by atoms with Gasteiger partial charge in [0.2, 0.25) is 9.70 Å². The highest BCUT2D eigenvalue weighted by Crippen LogP contribution is 2.38. The molecule has 0 saturated carbocycles. The van der Waals surface area contributed by atoms with E-state index in [0.717, 1.165) is 16.6 Å². The van der Waals surface area contributed by atoms with Gasteiger partial charge in [0.25, 0.3) is 0 Å². The highest BCUT2D eigenvalue weighted by atomic mass is 35.6. The number of hydrogen-bond donors (Lipinski definition) is 2. The molecule has 0 aliphatic carbocycles. The van der Waals surface area contributed by atoms with Crippen LogP contribution in [0.15, 0.2) is 59.8 Å². The fourth-order valence-electron chi connectivity index (χ4n) is 2.25. The van der Waals surface area contributed by atoms with Gasteiger partial charge in [0.05, 0.1) is 17.5 Å². The number of amides is 1. The summed E-state index contributed by atoms with van der Waals surface area (Å²) < 4.78 is -1.68. The minimum Gasteiger partial charge on any atom is -0.339 e. The molecule has 0 aliphatic heterocycles. The van der Waals surface area contributed by atoms with Gasteiger partial charge in [-0.15, -0.1) is 0 Å². The number of thioether (sulfide) groups is 1. The maximum Gasteiger partial charge on any atom is 0.225 e. The summed E-state index contributed by atoms with van der Waals surface area (Å²) >= 11 is 19.3. The number of alkyl halides is 3. The van der Waals surface area contributed by atoms with Crippen LogP contribution in [0.1, 0.15) is 5.56 Å². The molecule has 8 heteroatoms. The largest absolute Gasteiger partial charge is 0.339 e. The van der Waals surface area contributed by atoms with Crippen molar-refractivity contribution in [1.82, 2.24) is 15.3 Å². The number of H-pyrrole nitrogens is 1. The van der Waals surface area contributed by atoms with Gasteiger partial charge in [0.1, 0.15) is 5.37 Å². The van der Waals surface area contributed by atoms with Gasteiger partial charge in [-0.3, -0.25) is 4.79 Å². The van der Waals surface area contributed by atoms with E-state index in [1.807, 2.05) is 54.6 Å². The number of para-hydroxylation sites is 2. The summed E-state index contributed by atoms with van der Waals surface area (Å²) in [5.41, 5.74) is 2.57. The van der Waals surface area contributed by atoms with E-state index in [1.54, 1.807) is 0 Å². The number of carbonyl (C=O) groups excluding carboxylic acids is 1. The Morgan fingerprint density at radius 1 is 1.12 bits per heavy atom. The number of hydrogen-bond acceptors (Lipinski definition) is 3. The number of nitrogens with zero attached hydrogens (tertiary/aromatic N) is 1. The zero-order chi connectivity index (χ0) is 17.9. The van der Waals surface area contributed by atoms with Crippen molar-refractivity contribution >= 4 is 63.5 Å². The second-order valence-electron chi connectivity index (χ2n) is 5.33. The Morgan fingerprint density at radius 2 is 1.80 bits per heavy atom. The van der Waals surface area contributed by atoms with Crippen molar-refractivity contribution < 1.29 is 4.79 Å². The summed E-state index contributed by atoms with van der Waals surface area (Å²) in [7, 11) is 0. The Labute approximate surface area is 164 Å². The second-order valence-corrected chi connectivity index (χ2v) is 8.79. The lowest BCUT2D eigenvalue weighted by molar-refractivity contribution is -0.120. The van der Waals surface area contributed by atoms with Crippen molar-refractivity contribution in [3.63, 3.8) is 0 Å². The van der Waals surface area contributed by atoms with Crippen molar-refractivity contribution in [3.05, 3.63) is 60.2 Å². The van der Waals surface area contributed by atoms with Crippen LogP contribution in [0.2, 0.25) is 0 Å². The van der Waals surface area contributed by atoms with E-state index >= 15 is 0 Å². The molecule has 25 heavy (non-hydrogen) atoms. The fraction of sp³-hybridized carbons (Fsp3) is 0.176. The number of aromatic amines is 1. The Hall–Kier alpha value is -1.40. The number of halogens is 3. The van der Waals surface area contributed by atoms with Crippen LogP contribution in [0.5, 0.6) is 0 Å². The number of fused-ring (bicyclic) bond motifs is 1. The average Bonchev–Trinajstić information content (AvgIpc) is 2.96. The first-order valence-electron chi connectivity index (χ1n) is 7.43. The zero-order valence-electron chi connectivity index (χ0n) is 12.9. The lowest BCUT2D eigenvalue weighted by Crippen LogP contribution is -2.42. The van der Waals surface area contributed by atoms with E-state index in [0.29, 0.717) is 5.16 Å². The molecule has 3 rings (SSSR count). The van der Waals surface area contributed by atoms with Crippen LogP contribution in [0.3, 0.4) is 0 Å². The molecule has 1 aromatic heterocycles. The number of nitrogens with one attached hydrogen (secondary N) is 2. The molecule has 130 valence electrons. The van der Waals surface area contributed by atoms with E-state index in [2.05, 4.69) is 15.3 Å². The third-order valence-corrected chi connectivity index (χ3v) is 5.56. The van der Waals surface area contributed by atoms with E-state index in [-0.39, 0.29) is 12.3 Å². The molecule has 2 N–H and O–H groups in total. The molecule has 0 bridgehead atoms. The monoisotopic (exact) mass is 413 g/mol. The Morgan fingerprint density at radius 3 is 2.48 bits per heavy atom. The normalized spacial score (nSPS) is 12.9. The number of imidazole rings is 1. The molecule has 3 aromatic rings. The van der Waals surface area contributed by atoms with E-state index in [1.165, 1.54) is 11.8 Å². The van der Waals surface area contributed by atoms with Gasteiger partial charge in [0, 0.05) is 0 Å². The first kappa shape index (κ1) is 18.4. The summed E-state index contributed by atoms with van der Waals surface area (Å²) in [6.07, 6.45) is 0.207. The van der Waals surface area contributed by atoms with Crippen LogP contribution in [0, 0.1) is 0 Å². The molecular formula is C17H14Cl3N3OS. The highest BCUT2D eigenvalue weighted by molar-refractivity contribution is 8.00. The predicted octanol–water partition coefficient (Wildman–Crippen LogP) is 4.71. The molecule has 0 aliphatic rings. The topological polar surface area (TPSA) is 57.8 Å². The number of aromatic nitrogens is 2. The highest BCUT2D eigenvalue weighted by Gasteiger charge is 2.35. The summed E-state index contributed by atoms with van der Waals surface area (Å²) in [6.45, 7) is 0. The van der Waals surface area contributed by atoms with Gasteiger partial charge < -0.3 is 10.3 Å². The quantitative estimate of drug-likeness (QED) is 0.361. The Kier molecular flexibility index (Phi) is 5.79. The number of benzene rings is 2. The molecule has 0 radical (unpaired) electrons. The number of rotatable bonds is 5. The Bertz CT molecular complexity index is 831. The van der Waals surface area contributed by atoms with E-state index < -0.39 is 9.17 Å². The molecule has 1 unspecified atom stereocenters. The summed E-state index contributed by atoms with van der Waals surface area (Å²) in [6, 6.07) is 17.0. The van der Waals surface area contributed by atoms with Crippen molar-refractivity contribution in [2.45, 2.75) is 20.7 Å².